The van der Waals surface area contributed by atoms with Crippen LogP contribution in [0.1, 0.15) is 12.8 Å². The number of anilines is 1. The van der Waals surface area contributed by atoms with Crippen LogP contribution in [-0.4, -0.2) is 30.6 Å². The van der Waals surface area contributed by atoms with E-state index in [4.69, 9.17) is 17.0 Å². The third-order valence-electron chi connectivity index (χ3n) is 2.86. The van der Waals surface area contributed by atoms with Gasteiger partial charge >= 0.3 is 0 Å². The smallest absolute Gasteiger partial charge is 0.170 e. The molecule has 18 heavy (non-hydrogen) atoms. The summed E-state index contributed by atoms with van der Waals surface area (Å²) in [6.07, 6.45) is 4.65. The normalized spacial score (nSPS) is 18.6. The first-order valence-electron chi connectivity index (χ1n) is 6.08. The summed E-state index contributed by atoms with van der Waals surface area (Å²) in [7, 11) is 0. The van der Waals surface area contributed by atoms with Gasteiger partial charge < -0.3 is 15.4 Å². The van der Waals surface area contributed by atoms with Crippen molar-refractivity contribution < 1.29 is 4.74 Å². The van der Waals surface area contributed by atoms with E-state index in [1.807, 2.05) is 12.1 Å². The molecule has 1 aromatic rings. The van der Waals surface area contributed by atoms with Gasteiger partial charge in [-0.05, 0) is 55.6 Å². The summed E-state index contributed by atoms with van der Waals surface area (Å²) in [6, 6.07) is 8.23. The monoisotopic (exact) mass is 282 g/mol. The second-order valence-electron chi connectivity index (χ2n) is 4.20. The van der Waals surface area contributed by atoms with Crippen LogP contribution in [0.2, 0.25) is 0 Å². The fourth-order valence-corrected chi connectivity index (χ4v) is 2.47. The molecule has 2 N–H and O–H groups in total. The SMILES string of the molecule is CSc1ccc(NC(=S)NC[C@H]2CCCO2)cc1. The van der Waals surface area contributed by atoms with E-state index >= 15 is 0 Å². The van der Waals surface area contributed by atoms with Gasteiger partial charge in [-0.1, -0.05) is 0 Å². The number of rotatable bonds is 4. The highest BCUT2D eigenvalue weighted by Crippen LogP contribution is 2.17. The first-order valence-corrected chi connectivity index (χ1v) is 7.72. The number of hydrogen-bond acceptors (Lipinski definition) is 3. The minimum Gasteiger partial charge on any atom is -0.376 e. The maximum atomic E-state index is 5.53. The number of thioether (sulfide) groups is 1. The number of hydrogen-bond donors (Lipinski definition) is 2. The average Bonchev–Trinajstić information content (AvgIpc) is 2.90. The third kappa shape index (κ3) is 4.15. The van der Waals surface area contributed by atoms with E-state index in [0.29, 0.717) is 11.2 Å². The zero-order valence-corrected chi connectivity index (χ0v) is 12.1. The van der Waals surface area contributed by atoms with Crippen LogP contribution in [0.4, 0.5) is 5.69 Å². The van der Waals surface area contributed by atoms with Crippen LogP contribution in [0, 0.1) is 0 Å². The van der Waals surface area contributed by atoms with Gasteiger partial charge in [0.2, 0.25) is 0 Å². The van der Waals surface area contributed by atoms with Crippen LogP contribution in [-0.2, 0) is 4.74 Å². The standard InChI is InChI=1S/C13H18N2OS2/c1-18-12-6-4-10(5-7-12)15-13(17)14-9-11-3-2-8-16-11/h4-7,11H,2-3,8-9H2,1H3,(H2,14,15,17)/t11-/m1/s1. The number of ether oxygens (including phenoxy) is 1. The maximum absolute atomic E-state index is 5.53. The van der Waals surface area contributed by atoms with Crippen LogP contribution in [0.25, 0.3) is 0 Å². The van der Waals surface area contributed by atoms with Crippen molar-refractivity contribution in [3.05, 3.63) is 24.3 Å². The molecule has 5 heteroatoms. The van der Waals surface area contributed by atoms with Crippen molar-refractivity contribution in [1.82, 2.24) is 5.32 Å². The Morgan fingerprint density at radius 2 is 2.22 bits per heavy atom. The summed E-state index contributed by atoms with van der Waals surface area (Å²) in [6.45, 7) is 1.66. The van der Waals surface area contributed by atoms with Crippen molar-refractivity contribution >= 4 is 34.8 Å². The Labute approximate surface area is 118 Å². The molecule has 0 radical (unpaired) electrons. The number of thiocarbonyl (C=S) groups is 1. The predicted molar refractivity (Wildman–Crippen MR) is 81.4 cm³/mol. The topological polar surface area (TPSA) is 33.3 Å². The van der Waals surface area contributed by atoms with E-state index in [1.165, 1.54) is 4.90 Å². The maximum Gasteiger partial charge on any atom is 0.170 e. The van der Waals surface area contributed by atoms with Crippen molar-refractivity contribution in [3.63, 3.8) is 0 Å². The second-order valence-corrected chi connectivity index (χ2v) is 5.49. The molecule has 1 fully saturated rings. The molecule has 0 amide bonds. The summed E-state index contributed by atoms with van der Waals surface area (Å²) >= 11 is 6.98. The second kappa shape index (κ2) is 6.97. The highest BCUT2D eigenvalue weighted by molar-refractivity contribution is 7.98. The predicted octanol–water partition coefficient (Wildman–Crippen LogP) is 2.87. The molecular weight excluding hydrogens is 264 g/mol. The third-order valence-corrected chi connectivity index (χ3v) is 3.85. The Hall–Kier alpha value is -0.780. The molecule has 1 heterocycles. The summed E-state index contributed by atoms with van der Waals surface area (Å²) in [5, 5.41) is 7.02. The van der Waals surface area contributed by atoms with Crippen molar-refractivity contribution in [2.45, 2.75) is 23.8 Å². The Balaban J connectivity index is 1.75. The lowest BCUT2D eigenvalue weighted by Crippen LogP contribution is -2.34. The highest BCUT2D eigenvalue weighted by atomic mass is 32.2. The zero-order chi connectivity index (χ0) is 12.8. The Kier molecular flexibility index (Phi) is 5.28. The molecule has 0 unspecified atom stereocenters. The van der Waals surface area contributed by atoms with E-state index < -0.39 is 0 Å². The average molecular weight is 282 g/mol. The first kappa shape index (κ1) is 13.6. The Morgan fingerprint density at radius 1 is 1.44 bits per heavy atom. The first-order chi connectivity index (χ1) is 8.78. The van der Waals surface area contributed by atoms with Gasteiger partial charge in [0.1, 0.15) is 0 Å². The molecule has 1 aromatic carbocycles. The van der Waals surface area contributed by atoms with E-state index in [2.05, 4.69) is 29.0 Å². The van der Waals surface area contributed by atoms with Crippen LogP contribution >= 0.6 is 24.0 Å². The summed E-state index contributed by atoms with van der Waals surface area (Å²) in [4.78, 5) is 1.25. The lowest BCUT2D eigenvalue weighted by atomic mass is 10.2. The fourth-order valence-electron chi connectivity index (χ4n) is 1.86. The molecule has 2 rings (SSSR count). The molecule has 1 saturated heterocycles. The van der Waals surface area contributed by atoms with Crippen LogP contribution < -0.4 is 10.6 Å². The van der Waals surface area contributed by atoms with Gasteiger partial charge in [0.15, 0.2) is 5.11 Å². The van der Waals surface area contributed by atoms with Crippen LogP contribution in [0.5, 0.6) is 0 Å². The van der Waals surface area contributed by atoms with Crippen LogP contribution in [0.15, 0.2) is 29.2 Å². The van der Waals surface area contributed by atoms with Gasteiger partial charge in [0, 0.05) is 23.7 Å². The Bertz CT molecular complexity index is 388. The zero-order valence-electron chi connectivity index (χ0n) is 10.4. The van der Waals surface area contributed by atoms with Crippen molar-refractivity contribution in [2.75, 3.05) is 24.7 Å². The quantitative estimate of drug-likeness (QED) is 0.655. The minimum atomic E-state index is 0.309. The molecule has 0 bridgehead atoms. The molecule has 98 valence electrons. The van der Waals surface area contributed by atoms with Gasteiger partial charge in [-0.15, -0.1) is 11.8 Å². The lowest BCUT2D eigenvalue weighted by Gasteiger charge is -2.14. The number of nitrogens with one attached hydrogen (secondary N) is 2. The Morgan fingerprint density at radius 3 is 2.83 bits per heavy atom. The fraction of sp³-hybridized carbons (Fsp3) is 0.462. The largest absolute Gasteiger partial charge is 0.376 e. The van der Waals surface area contributed by atoms with Crippen molar-refractivity contribution in [1.29, 1.82) is 0 Å². The van der Waals surface area contributed by atoms with E-state index in [0.717, 1.165) is 31.7 Å². The summed E-state index contributed by atoms with van der Waals surface area (Å²) in [5.41, 5.74) is 1.01. The van der Waals surface area contributed by atoms with E-state index in [-0.39, 0.29) is 0 Å². The van der Waals surface area contributed by atoms with Crippen molar-refractivity contribution in [2.24, 2.45) is 0 Å². The molecule has 0 saturated carbocycles. The van der Waals surface area contributed by atoms with Gasteiger partial charge in [-0.2, -0.15) is 0 Å². The lowest BCUT2D eigenvalue weighted by molar-refractivity contribution is 0.114. The minimum absolute atomic E-state index is 0.309. The summed E-state index contributed by atoms with van der Waals surface area (Å²) in [5.74, 6) is 0. The molecular formula is C13H18N2OS2. The van der Waals surface area contributed by atoms with E-state index in [1.54, 1.807) is 11.8 Å². The van der Waals surface area contributed by atoms with Gasteiger partial charge in [0.05, 0.1) is 6.10 Å². The molecule has 1 aliphatic rings. The van der Waals surface area contributed by atoms with Gasteiger partial charge in [-0.3, -0.25) is 0 Å². The molecule has 0 aliphatic carbocycles. The highest BCUT2D eigenvalue weighted by Gasteiger charge is 2.15. The van der Waals surface area contributed by atoms with Crippen molar-refractivity contribution in [3.8, 4) is 0 Å². The number of benzene rings is 1. The summed E-state index contributed by atoms with van der Waals surface area (Å²) < 4.78 is 5.53. The molecule has 3 nitrogen and oxygen atoms in total. The van der Waals surface area contributed by atoms with Gasteiger partial charge in [0.25, 0.3) is 0 Å². The molecule has 0 spiro atoms. The van der Waals surface area contributed by atoms with Crippen LogP contribution in [0.3, 0.4) is 0 Å². The molecule has 1 atom stereocenters. The molecule has 1 aliphatic heterocycles. The molecule has 0 aromatic heterocycles. The van der Waals surface area contributed by atoms with E-state index in [9.17, 15) is 0 Å². The van der Waals surface area contributed by atoms with Gasteiger partial charge in [-0.25, -0.2) is 0 Å².